The predicted octanol–water partition coefficient (Wildman–Crippen LogP) is 3.41. The third-order valence-electron chi connectivity index (χ3n) is 5.10. The van der Waals surface area contributed by atoms with Crippen molar-refractivity contribution in [1.82, 2.24) is 5.32 Å². The van der Waals surface area contributed by atoms with Gasteiger partial charge in [-0.25, -0.2) is 0 Å². The average Bonchev–Trinajstić information content (AvgIpc) is 2.87. The Hall–Kier alpha value is -0.870. The topological polar surface area (TPSA) is 49.3 Å². The zero-order valence-corrected chi connectivity index (χ0v) is 13.4. The van der Waals surface area contributed by atoms with Crippen LogP contribution in [0.3, 0.4) is 0 Å². The lowest BCUT2D eigenvalue weighted by molar-refractivity contribution is -0.150. The lowest BCUT2D eigenvalue weighted by Gasteiger charge is -2.46. The van der Waals surface area contributed by atoms with E-state index < -0.39 is 5.97 Å². The molecule has 3 nitrogen and oxygen atoms in total. The summed E-state index contributed by atoms with van der Waals surface area (Å²) in [5.74, 6) is -0.479. The fourth-order valence-electron chi connectivity index (χ4n) is 3.36. The molecule has 1 aliphatic rings. The number of carbonyl (C=O) groups is 1. The number of rotatable bonds is 5. The SMILES string of the molecule is CC1C(NCCc2cccs2)CCC(C(=O)O)C1(C)C. The van der Waals surface area contributed by atoms with Gasteiger partial charge in [0.1, 0.15) is 0 Å². The fraction of sp³-hybridized carbons (Fsp3) is 0.688. The minimum absolute atomic E-state index is 0.148. The number of carboxylic acids is 1. The van der Waals surface area contributed by atoms with Crippen molar-refractivity contribution >= 4 is 17.3 Å². The fourth-order valence-corrected chi connectivity index (χ4v) is 4.07. The number of hydrogen-bond acceptors (Lipinski definition) is 3. The van der Waals surface area contributed by atoms with Crippen LogP contribution in [0.15, 0.2) is 17.5 Å². The summed E-state index contributed by atoms with van der Waals surface area (Å²) < 4.78 is 0. The number of nitrogens with one attached hydrogen (secondary N) is 1. The first-order valence-corrected chi connectivity index (χ1v) is 8.29. The van der Waals surface area contributed by atoms with Crippen LogP contribution in [0.4, 0.5) is 0 Å². The highest BCUT2D eigenvalue weighted by atomic mass is 32.1. The summed E-state index contributed by atoms with van der Waals surface area (Å²) in [7, 11) is 0. The molecule has 2 N–H and O–H groups in total. The molecule has 0 spiro atoms. The van der Waals surface area contributed by atoms with Crippen molar-refractivity contribution in [2.75, 3.05) is 6.54 Å². The van der Waals surface area contributed by atoms with Crippen LogP contribution in [0.5, 0.6) is 0 Å². The Morgan fingerprint density at radius 2 is 2.25 bits per heavy atom. The van der Waals surface area contributed by atoms with Gasteiger partial charge in [0.25, 0.3) is 0 Å². The Kier molecular flexibility index (Phi) is 4.86. The Bertz CT molecular complexity index is 441. The number of thiophene rings is 1. The average molecular weight is 295 g/mol. The third-order valence-corrected chi connectivity index (χ3v) is 6.03. The molecule has 1 heterocycles. The quantitative estimate of drug-likeness (QED) is 0.875. The molecular weight excluding hydrogens is 270 g/mol. The first kappa shape index (κ1) is 15.5. The number of aliphatic carboxylic acids is 1. The van der Waals surface area contributed by atoms with Crippen LogP contribution in [0.1, 0.15) is 38.5 Å². The molecule has 1 aliphatic carbocycles. The van der Waals surface area contributed by atoms with Gasteiger partial charge in [0.2, 0.25) is 0 Å². The maximum atomic E-state index is 11.4. The minimum Gasteiger partial charge on any atom is -0.481 e. The lowest BCUT2D eigenvalue weighted by atomic mass is 9.61. The second-order valence-electron chi connectivity index (χ2n) is 6.47. The summed E-state index contributed by atoms with van der Waals surface area (Å²) in [4.78, 5) is 12.8. The van der Waals surface area contributed by atoms with E-state index in [0.717, 1.165) is 25.8 Å². The van der Waals surface area contributed by atoms with Gasteiger partial charge >= 0.3 is 5.97 Å². The molecule has 1 saturated carbocycles. The summed E-state index contributed by atoms with van der Waals surface area (Å²) in [5, 5.41) is 15.1. The molecule has 0 aliphatic heterocycles. The summed E-state index contributed by atoms with van der Waals surface area (Å²) in [5.41, 5.74) is -0.148. The van der Waals surface area contributed by atoms with E-state index in [2.05, 4.69) is 43.6 Å². The monoisotopic (exact) mass is 295 g/mol. The van der Waals surface area contributed by atoms with Crippen molar-refractivity contribution in [3.63, 3.8) is 0 Å². The predicted molar refractivity (Wildman–Crippen MR) is 83.1 cm³/mol. The minimum atomic E-state index is -0.640. The molecule has 4 heteroatoms. The van der Waals surface area contributed by atoms with Crippen molar-refractivity contribution in [3.05, 3.63) is 22.4 Å². The van der Waals surface area contributed by atoms with E-state index in [9.17, 15) is 9.90 Å². The Balaban J connectivity index is 1.89. The van der Waals surface area contributed by atoms with Gasteiger partial charge in [-0.2, -0.15) is 0 Å². The van der Waals surface area contributed by atoms with Crippen LogP contribution in [-0.4, -0.2) is 23.7 Å². The molecule has 3 atom stereocenters. The maximum Gasteiger partial charge on any atom is 0.307 e. The number of carboxylic acid groups (broad SMARTS) is 1. The van der Waals surface area contributed by atoms with Crippen molar-refractivity contribution in [3.8, 4) is 0 Å². The molecule has 1 fully saturated rings. The summed E-state index contributed by atoms with van der Waals surface area (Å²) >= 11 is 1.80. The van der Waals surface area contributed by atoms with Gasteiger partial charge in [-0.3, -0.25) is 4.79 Å². The van der Waals surface area contributed by atoms with E-state index in [-0.39, 0.29) is 11.3 Å². The van der Waals surface area contributed by atoms with Gasteiger partial charge in [-0.1, -0.05) is 26.8 Å². The Morgan fingerprint density at radius 3 is 2.85 bits per heavy atom. The van der Waals surface area contributed by atoms with Crippen LogP contribution in [0.25, 0.3) is 0 Å². The second-order valence-corrected chi connectivity index (χ2v) is 7.50. The largest absolute Gasteiger partial charge is 0.481 e. The van der Waals surface area contributed by atoms with Crippen LogP contribution >= 0.6 is 11.3 Å². The molecule has 0 amide bonds. The highest BCUT2D eigenvalue weighted by Crippen LogP contribution is 2.45. The first-order valence-electron chi connectivity index (χ1n) is 7.41. The van der Waals surface area contributed by atoms with Gasteiger partial charge in [-0.05, 0) is 42.0 Å². The van der Waals surface area contributed by atoms with E-state index in [4.69, 9.17) is 0 Å². The van der Waals surface area contributed by atoms with E-state index >= 15 is 0 Å². The highest BCUT2D eigenvalue weighted by Gasteiger charge is 2.45. The van der Waals surface area contributed by atoms with Gasteiger partial charge in [0.15, 0.2) is 0 Å². The standard InChI is InChI=1S/C16H25NO2S/c1-11-14(17-9-8-12-5-4-10-20-12)7-6-13(15(18)19)16(11,2)3/h4-5,10-11,13-14,17H,6-9H2,1-3H3,(H,18,19). The molecule has 1 aromatic heterocycles. The van der Waals surface area contributed by atoms with Gasteiger partial charge in [0, 0.05) is 17.5 Å². The van der Waals surface area contributed by atoms with E-state index in [1.54, 1.807) is 11.3 Å². The lowest BCUT2D eigenvalue weighted by Crippen LogP contribution is -2.51. The normalized spacial score (nSPS) is 29.2. The van der Waals surface area contributed by atoms with Crippen LogP contribution < -0.4 is 5.32 Å². The molecule has 112 valence electrons. The van der Waals surface area contributed by atoms with Gasteiger partial charge in [0.05, 0.1) is 5.92 Å². The van der Waals surface area contributed by atoms with Crippen molar-refractivity contribution in [1.29, 1.82) is 0 Å². The molecule has 20 heavy (non-hydrogen) atoms. The molecule has 1 aromatic rings. The molecule has 0 aromatic carbocycles. The smallest absolute Gasteiger partial charge is 0.307 e. The maximum absolute atomic E-state index is 11.4. The summed E-state index contributed by atoms with van der Waals surface area (Å²) in [6.45, 7) is 7.37. The van der Waals surface area contributed by atoms with Crippen molar-refractivity contribution in [2.24, 2.45) is 17.3 Å². The van der Waals surface area contributed by atoms with Crippen LogP contribution in [0, 0.1) is 17.3 Å². The van der Waals surface area contributed by atoms with E-state index in [0.29, 0.717) is 12.0 Å². The molecule has 3 unspecified atom stereocenters. The summed E-state index contributed by atoms with van der Waals surface area (Å²) in [6, 6.07) is 4.69. The molecule has 0 radical (unpaired) electrons. The zero-order chi connectivity index (χ0) is 14.8. The first-order chi connectivity index (χ1) is 9.43. The Morgan fingerprint density at radius 1 is 1.50 bits per heavy atom. The molecule has 0 bridgehead atoms. The highest BCUT2D eigenvalue weighted by molar-refractivity contribution is 7.09. The van der Waals surface area contributed by atoms with E-state index in [1.165, 1.54) is 4.88 Å². The number of hydrogen-bond donors (Lipinski definition) is 2. The van der Waals surface area contributed by atoms with E-state index in [1.807, 2.05) is 0 Å². The second kappa shape index (κ2) is 6.27. The van der Waals surface area contributed by atoms with Crippen LogP contribution in [0.2, 0.25) is 0 Å². The van der Waals surface area contributed by atoms with Crippen molar-refractivity contribution < 1.29 is 9.90 Å². The Labute approximate surface area is 125 Å². The zero-order valence-electron chi connectivity index (χ0n) is 12.6. The van der Waals surface area contributed by atoms with Crippen molar-refractivity contribution in [2.45, 2.75) is 46.1 Å². The van der Waals surface area contributed by atoms with Gasteiger partial charge < -0.3 is 10.4 Å². The molecule has 2 rings (SSSR count). The van der Waals surface area contributed by atoms with Gasteiger partial charge in [-0.15, -0.1) is 11.3 Å². The van der Waals surface area contributed by atoms with Crippen LogP contribution in [-0.2, 0) is 11.2 Å². The molecule has 0 saturated heterocycles. The third kappa shape index (κ3) is 3.23. The summed E-state index contributed by atoms with van der Waals surface area (Å²) in [6.07, 6.45) is 2.80. The molecular formula is C16H25NO2S.